The highest BCUT2D eigenvalue weighted by Crippen LogP contribution is 2.47. The van der Waals surface area contributed by atoms with Crippen LogP contribution in [0.3, 0.4) is 0 Å². The summed E-state index contributed by atoms with van der Waals surface area (Å²) < 4.78 is 7.27. The van der Waals surface area contributed by atoms with E-state index in [4.69, 9.17) is 4.52 Å². The Morgan fingerprint density at radius 1 is 1.21 bits per heavy atom. The summed E-state index contributed by atoms with van der Waals surface area (Å²) in [7, 11) is 3.91. The third kappa shape index (κ3) is 3.02. The Balaban J connectivity index is 1.28. The van der Waals surface area contributed by atoms with Gasteiger partial charge in [-0.3, -0.25) is 19.4 Å². The third-order valence-corrected chi connectivity index (χ3v) is 5.99. The highest BCUT2D eigenvalue weighted by Gasteiger charge is 2.53. The fourth-order valence-electron chi connectivity index (χ4n) is 4.65. The fourth-order valence-corrected chi connectivity index (χ4v) is 4.65. The summed E-state index contributed by atoms with van der Waals surface area (Å²) in [5.74, 6) is 1.27. The molecular weight excluding hydrogens is 370 g/mol. The van der Waals surface area contributed by atoms with Gasteiger partial charge in [-0.15, -0.1) is 0 Å². The molecule has 1 spiro atoms. The maximum atomic E-state index is 12.8. The summed E-state index contributed by atoms with van der Waals surface area (Å²) in [5.41, 5.74) is 2.42. The van der Waals surface area contributed by atoms with Gasteiger partial charge in [0.05, 0.1) is 17.3 Å². The Bertz CT molecular complexity index is 1050. The summed E-state index contributed by atoms with van der Waals surface area (Å²) in [6.07, 6.45) is 6.13. The number of aryl methyl sites for hydroxylation is 2. The lowest BCUT2D eigenvalue weighted by Gasteiger charge is -2.48. The first kappa shape index (κ1) is 18.0. The smallest absolute Gasteiger partial charge is 0.257 e. The normalized spacial score (nSPS) is 20.9. The number of amides is 1. The maximum absolute atomic E-state index is 12.8. The number of aromatic nitrogens is 5. The van der Waals surface area contributed by atoms with Gasteiger partial charge in [-0.2, -0.15) is 10.1 Å². The van der Waals surface area contributed by atoms with Gasteiger partial charge in [0.25, 0.3) is 5.91 Å². The van der Waals surface area contributed by atoms with Gasteiger partial charge < -0.3 is 9.42 Å². The molecule has 0 aliphatic carbocycles. The van der Waals surface area contributed by atoms with E-state index >= 15 is 0 Å². The van der Waals surface area contributed by atoms with Gasteiger partial charge in [0.1, 0.15) is 0 Å². The number of likely N-dealkylation sites (tertiary alicyclic amines) is 2. The molecule has 2 saturated heterocycles. The SMILES string of the molecule is Cc1nn(C)cc1C(=O)N1CC2(CC(c3nc(-c4ccncc4)no3)N(C)C2)C1. The monoisotopic (exact) mass is 393 g/mol. The van der Waals surface area contributed by atoms with Crippen molar-refractivity contribution in [2.45, 2.75) is 19.4 Å². The van der Waals surface area contributed by atoms with Crippen molar-refractivity contribution >= 4 is 5.91 Å². The quantitative estimate of drug-likeness (QED) is 0.668. The van der Waals surface area contributed by atoms with Crippen LogP contribution in [0.4, 0.5) is 0 Å². The molecule has 0 aromatic carbocycles. The van der Waals surface area contributed by atoms with Crippen molar-refractivity contribution in [3.63, 3.8) is 0 Å². The molecule has 9 heteroatoms. The number of rotatable bonds is 3. The van der Waals surface area contributed by atoms with Gasteiger partial charge in [0.2, 0.25) is 11.7 Å². The molecule has 2 fully saturated rings. The van der Waals surface area contributed by atoms with Crippen molar-refractivity contribution in [3.05, 3.63) is 47.9 Å². The van der Waals surface area contributed by atoms with Gasteiger partial charge in [-0.05, 0) is 32.5 Å². The minimum absolute atomic E-state index is 0.0603. The molecule has 5 heterocycles. The second kappa shape index (κ2) is 6.48. The number of pyridine rings is 1. The van der Waals surface area contributed by atoms with Crippen LogP contribution < -0.4 is 0 Å². The fraction of sp³-hybridized carbons (Fsp3) is 0.450. The van der Waals surface area contributed by atoms with Gasteiger partial charge in [0.15, 0.2) is 0 Å². The molecule has 1 amide bonds. The second-order valence-electron chi connectivity index (χ2n) is 8.29. The molecule has 2 aliphatic rings. The zero-order valence-electron chi connectivity index (χ0n) is 16.7. The highest BCUT2D eigenvalue weighted by atomic mass is 16.5. The van der Waals surface area contributed by atoms with Crippen molar-refractivity contribution in [1.29, 1.82) is 0 Å². The number of nitrogens with zero attached hydrogens (tertiary/aromatic N) is 7. The number of hydrogen-bond acceptors (Lipinski definition) is 7. The van der Waals surface area contributed by atoms with Gasteiger partial charge >= 0.3 is 0 Å². The van der Waals surface area contributed by atoms with E-state index < -0.39 is 0 Å². The molecule has 0 saturated carbocycles. The minimum Gasteiger partial charge on any atom is -0.337 e. The second-order valence-corrected chi connectivity index (χ2v) is 8.29. The van der Waals surface area contributed by atoms with Gasteiger partial charge in [-0.1, -0.05) is 5.16 Å². The highest BCUT2D eigenvalue weighted by molar-refractivity contribution is 5.95. The van der Waals surface area contributed by atoms with Crippen LogP contribution in [-0.2, 0) is 7.05 Å². The number of carbonyl (C=O) groups is 1. The molecule has 5 rings (SSSR count). The largest absolute Gasteiger partial charge is 0.337 e. The van der Waals surface area contributed by atoms with Crippen LogP contribution in [0.25, 0.3) is 11.4 Å². The lowest BCUT2D eigenvalue weighted by Crippen LogP contribution is -2.59. The minimum atomic E-state index is 0.0603. The number of hydrogen-bond donors (Lipinski definition) is 0. The summed E-state index contributed by atoms with van der Waals surface area (Å²) in [6.45, 7) is 4.26. The zero-order valence-corrected chi connectivity index (χ0v) is 16.7. The first-order valence-electron chi connectivity index (χ1n) is 9.68. The molecule has 3 aromatic heterocycles. The molecule has 150 valence electrons. The van der Waals surface area contributed by atoms with Crippen LogP contribution in [0.1, 0.15) is 34.4 Å². The summed E-state index contributed by atoms with van der Waals surface area (Å²) in [6, 6.07) is 3.80. The Labute approximate surface area is 168 Å². The Morgan fingerprint density at radius 2 is 1.97 bits per heavy atom. The van der Waals surface area contributed by atoms with E-state index in [1.165, 1.54) is 0 Å². The Kier molecular flexibility index (Phi) is 4.02. The van der Waals surface area contributed by atoms with Crippen LogP contribution in [0.15, 0.2) is 35.2 Å². The topological polar surface area (TPSA) is 93.2 Å². The van der Waals surface area contributed by atoms with Crippen LogP contribution in [0.5, 0.6) is 0 Å². The van der Waals surface area contributed by atoms with Crippen molar-refractivity contribution in [1.82, 2.24) is 34.7 Å². The van der Waals surface area contributed by atoms with Crippen molar-refractivity contribution < 1.29 is 9.32 Å². The van der Waals surface area contributed by atoms with Crippen LogP contribution in [0, 0.1) is 12.3 Å². The molecule has 29 heavy (non-hydrogen) atoms. The van der Waals surface area contributed by atoms with E-state index in [2.05, 4.69) is 32.2 Å². The summed E-state index contributed by atoms with van der Waals surface area (Å²) in [5, 5.41) is 8.42. The van der Waals surface area contributed by atoms with Gasteiger partial charge in [0, 0.05) is 56.3 Å². The number of carbonyl (C=O) groups excluding carboxylic acids is 1. The van der Waals surface area contributed by atoms with E-state index in [9.17, 15) is 4.79 Å². The van der Waals surface area contributed by atoms with Crippen molar-refractivity contribution in [2.75, 3.05) is 26.7 Å². The zero-order chi connectivity index (χ0) is 20.2. The van der Waals surface area contributed by atoms with E-state index in [0.29, 0.717) is 17.3 Å². The molecule has 2 aliphatic heterocycles. The molecule has 0 N–H and O–H groups in total. The van der Waals surface area contributed by atoms with E-state index in [-0.39, 0.29) is 17.4 Å². The molecule has 1 atom stereocenters. The molecule has 3 aromatic rings. The van der Waals surface area contributed by atoms with Crippen molar-refractivity contribution in [3.8, 4) is 11.4 Å². The van der Waals surface area contributed by atoms with Crippen LogP contribution >= 0.6 is 0 Å². The van der Waals surface area contributed by atoms with Crippen LogP contribution in [-0.4, -0.2) is 67.3 Å². The van der Waals surface area contributed by atoms with E-state index in [1.807, 2.05) is 31.0 Å². The maximum Gasteiger partial charge on any atom is 0.257 e. The molecule has 0 radical (unpaired) electrons. The lowest BCUT2D eigenvalue weighted by molar-refractivity contribution is 0.0114. The summed E-state index contributed by atoms with van der Waals surface area (Å²) >= 11 is 0. The molecule has 0 bridgehead atoms. The predicted octanol–water partition coefficient (Wildman–Crippen LogP) is 1.69. The van der Waals surface area contributed by atoms with E-state index in [0.717, 1.165) is 37.3 Å². The first-order valence-corrected chi connectivity index (χ1v) is 9.68. The third-order valence-electron chi connectivity index (χ3n) is 5.99. The average molecular weight is 393 g/mol. The van der Waals surface area contributed by atoms with Gasteiger partial charge in [-0.25, -0.2) is 0 Å². The first-order chi connectivity index (χ1) is 13.9. The lowest BCUT2D eigenvalue weighted by atomic mass is 9.77. The predicted molar refractivity (Wildman–Crippen MR) is 104 cm³/mol. The average Bonchev–Trinajstić information content (AvgIpc) is 3.37. The molecule has 1 unspecified atom stereocenters. The summed E-state index contributed by atoms with van der Waals surface area (Å²) in [4.78, 5) is 25.6. The molecule has 9 nitrogen and oxygen atoms in total. The Hall–Kier alpha value is -3.07. The standard InChI is InChI=1S/C20H23N7O2/c1-13-15(9-26(3)23-13)19(28)27-11-20(12-27)8-16(25(2)10-20)18-22-17(24-29-18)14-4-6-21-7-5-14/h4-7,9,16H,8,10-12H2,1-3H3. The van der Waals surface area contributed by atoms with Crippen molar-refractivity contribution in [2.24, 2.45) is 12.5 Å². The molecular formula is C20H23N7O2. The Morgan fingerprint density at radius 3 is 2.66 bits per heavy atom. The van der Waals surface area contributed by atoms with E-state index in [1.54, 1.807) is 23.3 Å². The van der Waals surface area contributed by atoms with Crippen LogP contribution in [0.2, 0.25) is 0 Å².